The first kappa shape index (κ1) is 15.8. The lowest BCUT2D eigenvalue weighted by Gasteiger charge is -2.33. The average Bonchev–Trinajstić information content (AvgIpc) is 2.88. The molecule has 1 aliphatic carbocycles. The van der Waals surface area contributed by atoms with Crippen LogP contribution in [-0.4, -0.2) is 29.1 Å². The van der Waals surface area contributed by atoms with Crippen LogP contribution in [0.2, 0.25) is 0 Å². The number of hydrogen-bond acceptors (Lipinski definition) is 2. The van der Waals surface area contributed by atoms with Crippen LogP contribution < -0.4 is 5.32 Å². The maximum Gasteiger partial charge on any atom is 0.241 e. The van der Waals surface area contributed by atoms with E-state index in [9.17, 15) is 4.79 Å². The number of carbonyl (C=O) groups excluding carboxylic acids is 1. The summed E-state index contributed by atoms with van der Waals surface area (Å²) in [5, 5.41) is 3.62. The van der Waals surface area contributed by atoms with Crippen LogP contribution in [0.1, 0.15) is 67.2 Å². The summed E-state index contributed by atoms with van der Waals surface area (Å²) in [7, 11) is 0. The molecule has 0 spiro atoms. The van der Waals surface area contributed by atoms with E-state index in [4.69, 9.17) is 0 Å². The molecule has 0 bridgehead atoms. The Hall–Kier alpha value is -0.570. The van der Waals surface area contributed by atoms with Crippen molar-refractivity contribution in [1.82, 2.24) is 10.2 Å². The number of carbonyl (C=O) groups is 1. The lowest BCUT2D eigenvalue weighted by molar-refractivity contribution is -0.133. The van der Waals surface area contributed by atoms with Crippen molar-refractivity contribution in [2.24, 2.45) is 17.3 Å². The van der Waals surface area contributed by atoms with Gasteiger partial charge >= 0.3 is 0 Å². The maximum atomic E-state index is 12.9. The minimum atomic E-state index is 0.0242. The summed E-state index contributed by atoms with van der Waals surface area (Å²) in [6.07, 6.45) is 4.83. The van der Waals surface area contributed by atoms with Gasteiger partial charge in [-0.25, -0.2) is 0 Å². The first-order valence-electron chi connectivity index (χ1n) is 8.35. The zero-order valence-electron chi connectivity index (χ0n) is 14.1. The normalized spacial score (nSPS) is 35.0. The molecule has 4 unspecified atom stereocenters. The highest BCUT2D eigenvalue weighted by molar-refractivity contribution is 5.85. The van der Waals surface area contributed by atoms with Gasteiger partial charge in [-0.05, 0) is 36.5 Å². The van der Waals surface area contributed by atoms with Gasteiger partial charge in [0.1, 0.15) is 0 Å². The van der Waals surface area contributed by atoms with Gasteiger partial charge < -0.3 is 4.90 Å². The lowest BCUT2D eigenvalue weighted by Crippen LogP contribution is -2.46. The van der Waals surface area contributed by atoms with E-state index in [0.29, 0.717) is 29.2 Å². The van der Waals surface area contributed by atoms with Crippen LogP contribution >= 0.6 is 0 Å². The first-order chi connectivity index (χ1) is 9.26. The molecule has 20 heavy (non-hydrogen) atoms. The van der Waals surface area contributed by atoms with Gasteiger partial charge in [-0.2, -0.15) is 0 Å². The fourth-order valence-corrected chi connectivity index (χ4v) is 3.83. The Balaban J connectivity index is 2.18. The molecule has 1 heterocycles. The van der Waals surface area contributed by atoms with Crippen LogP contribution in [0.3, 0.4) is 0 Å². The van der Waals surface area contributed by atoms with Gasteiger partial charge in [-0.1, -0.05) is 48.0 Å². The number of nitrogens with one attached hydrogen (secondary N) is 1. The van der Waals surface area contributed by atoms with E-state index in [1.54, 1.807) is 0 Å². The van der Waals surface area contributed by atoms with Crippen molar-refractivity contribution in [2.45, 2.75) is 85.5 Å². The molecule has 0 aromatic heterocycles. The largest absolute Gasteiger partial charge is 0.323 e. The van der Waals surface area contributed by atoms with Crippen molar-refractivity contribution in [3.8, 4) is 0 Å². The molecule has 1 amide bonds. The summed E-state index contributed by atoms with van der Waals surface area (Å²) in [5.74, 6) is 1.24. The van der Waals surface area contributed by atoms with Crippen molar-refractivity contribution in [1.29, 1.82) is 0 Å². The van der Waals surface area contributed by atoms with Crippen LogP contribution in [0.25, 0.3) is 0 Å². The Kier molecular flexibility index (Phi) is 4.48. The van der Waals surface area contributed by atoms with Crippen molar-refractivity contribution >= 4 is 5.91 Å². The van der Waals surface area contributed by atoms with E-state index in [1.165, 1.54) is 6.42 Å². The Morgan fingerprint density at radius 1 is 1.35 bits per heavy atom. The van der Waals surface area contributed by atoms with Gasteiger partial charge in [0, 0.05) is 6.04 Å². The predicted octanol–water partition coefficient (Wildman–Crippen LogP) is 3.39. The average molecular weight is 280 g/mol. The second-order valence-electron chi connectivity index (χ2n) is 8.03. The molecule has 4 atom stereocenters. The van der Waals surface area contributed by atoms with Gasteiger partial charge in [-0.15, -0.1) is 0 Å². The molecular formula is C17H32N2O. The Labute approximate surface area is 124 Å². The monoisotopic (exact) mass is 280 g/mol. The van der Waals surface area contributed by atoms with Gasteiger partial charge in [0.05, 0.1) is 12.2 Å². The van der Waals surface area contributed by atoms with Crippen molar-refractivity contribution in [2.75, 3.05) is 0 Å². The maximum absolute atomic E-state index is 12.9. The minimum Gasteiger partial charge on any atom is -0.323 e. The summed E-state index contributed by atoms with van der Waals surface area (Å²) < 4.78 is 0. The van der Waals surface area contributed by atoms with Gasteiger partial charge in [0.2, 0.25) is 5.91 Å². The molecule has 1 aliphatic heterocycles. The third kappa shape index (κ3) is 2.88. The van der Waals surface area contributed by atoms with Crippen LogP contribution in [-0.2, 0) is 4.79 Å². The summed E-state index contributed by atoms with van der Waals surface area (Å²) in [6, 6.07) is 0.461. The molecule has 116 valence electrons. The standard InChI is InChI=1S/C17H32N2O/c1-7-12(4)14-16(20)19(15(18-14)11(2)3)13-8-9-17(5,6)10-13/h11-15,18H,7-10H2,1-6H3. The second-order valence-corrected chi connectivity index (χ2v) is 8.03. The molecule has 1 N–H and O–H groups in total. The summed E-state index contributed by atoms with van der Waals surface area (Å²) >= 11 is 0. The molecule has 1 saturated carbocycles. The SMILES string of the molecule is CCC(C)C1NC(C(C)C)N(C2CCC(C)(C)C2)C1=O. The highest BCUT2D eigenvalue weighted by Gasteiger charge is 2.47. The summed E-state index contributed by atoms with van der Waals surface area (Å²) in [6.45, 7) is 13.5. The summed E-state index contributed by atoms with van der Waals surface area (Å²) in [5.41, 5.74) is 0.390. The van der Waals surface area contributed by atoms with E-state index in [-0.39, 0.29) is 12.2 Å². The smallest absolute Gasteiger partial charge is 0.241 e. The molecule has 0 aromatic carbocycles. The van der Waals surface area contributed by atoms with Gasteiger partial charge in [0.15, 0.2) is 0 Å². The third-order valence-electron chi connectivity index (χ3n) is 5.35. The zero-order valence-corrected chi connectivity index (χ0v) is 14.1. The third-order valence-corrected chi connectivity index (χ3v) is 5.35. The van der Waals surface area contributed by atoms with Gasteiger partial charge in [0.25, 0.3) is 0 Å². The first-order valence-corrected chi connectivity index (χ1v) is 8.35. The Morgan fingerprint density at radius 2 is 2.00 bits per heavy atom. The van der Waals surface area contributed by atoms with Crippen LogP contribution in [0.4, 0.5) is 0 Å². The summed E-state index contributed by atoms with van der Waals surface area (Å²) in [4.78, 5) is 15.1. The molecule has 2 fully saturated rings. The van der Waals surface area contributed by atoms with E-state index < -0.39 is 0 Å². The van der Waals surface area contributed by atoms with Crippen molar-refractivity contribution in [3.63, 3.8) is 0 Å². The zero-order chi connectivity index (χ0) is 15.1. The molecular weight excluding hydrogens is 248 g/mol. The van der Waals surface area contributed by atoms with Crippen molar-refractivity contribution < 1.29 is 4.79 Å². The molecule has 0 aromatic rings. The Bertz CT molecular complexity index is 364. The predicted molar refractivity (Wildman–Crippen MR) is 83.3 cm³/mol. The van der Waals surface area contributed by atoms with Crippen LogP contribution in [0.5, 0.6) is 0 Å². The van der Waals surface area contributed by atoms with Crippen LogP contribution in [0.15, 0.2) is 0 Å². The number of rotatable bonds is 4. The van der Waals surface area contributed by atoms with E-state index in [0.717, 1.165) is 19.3 Å². The molecule has 0 radical (unpaired) electrons. The Morgan fingerprint density at radius 3 is 2.45 bits per heavy atom. The highest BCUT2D eigenvalue weighted by Crippen LogP contribution is 2.41. The van der Waals surface area contributed by atoms with E-state index in [1.807, 2.05) is 0 Å². The fraction of sp³-hybridized carbons (Fsp3) is 0.941. The number of amides is 1. The highest BCUT2D eigenvalue weighted by atomic mass is 16.2. The van der Waals surface area contributed by atoms with Crippen LogP contribution in [0, 0.1) is 17.3 Å². The number of hydrogen-bond donors (Lipinski definition) is 1. The lowest BCUT2D eigenvalue weighted by atomic mass is 9.91. The quantitative estimate of drug-likeness (QED) is 0.856. The topological polar surface area (TPSA) is 32.3 Å². The number of nitrogens with zero attached hydrogens (tertiary/aromatic N) is 1. The molecule has 1 saturated heterocycles. The molecule has 2 aliphatic rings. The van der Waals surface area contributed by atoms with Gasteiger partial charge in [-0.3, -0.25) is 10.1 Å². The van der Waals surface area contributed by atoms with E-state index in [2.05, 4.69) is 51.8 Å². The molecule has 3 heteroatoms. The molecule has 2 rings (SSSR count). The van der Waals surface area contributed by atoms with Crippen molar-refractivity contribution in [3.05, 3.63) is 0 Å². The minimum absolute atomic E-state index is 0.0242. The second kappa shape index (κ2) is 5.67. The fourth-order valence-electron chi connectivity index (χ4n) is 3.83. The molecule has 3 nitrogen and oxygen atoms in total. The van der Waals surface area contributed by atoms with E-state index >= 15 is 0 Å².